The van der Waals surface area contributed by atoms with Gasteiger partial charge in [-0.25, -0.2) is 0 Å². The van der Waals surface area contributed by atoms with E-state index in [1.165, 1.54) is 30.2 Å². The van der Waals surface area contributed by atoms with Crippen molar-refractivity contribution in [2.45, 2.75) is 11.8 Å². The largest absolute Gasteiger partial charge is 0.504 e. The molecule has 0 radical (unpaired) electrons. The molecule has 1 saturated heterocycles. The number of ether oxygens (including phenoxy) is 1. The zero-order valence-electron chi connectivity index (χ0n) is 15.2. The summed E-state index contributed by atoms with van der Waals surface area (Å²) in [4.78, 5) is 14.4. The van der Waals surface area contributed by atoms with Crippen LogP contribution in [0.5, 0.6) is 11.5 Å². The van der Waals surface area contributed by atoms with Crippen LogP contribution in [0.25, 0.3) is 6.08 Å². The van der Waals surface area contributed by atoms with Gasteiger partial charge in [0.2, 0.25) is 0 Å². The quantitative estimate of drug-likeness (QED) is 0.750. The summed E-state index contributed by atoms with van der Waals surface area (Å²) < 4.78 is 34.0. The maximum Gasteiger partial charge on any atom is 0.284 e. The van der Waals surface area contributed by atoms with E-state index in [-0.39, 0.29) is 34.0 Å². The Labute approximate surface area is 167 Å². The number of phenolic OH excluding ortho intramolecular Hbond substituents is 1. The fourth-order valence-electron chi connectivity index (χ4n) is 2.54. The van der Waals surface area contributed by atoms with Crippen LogP contribution in [0.4, 0.5) is 0 Å². The molecule has 0 saturated carbocycles. The van der Waals surface area contributed by atoms with Gasteiger partial charge in [0.25, 0.3) is 15.9 Å². The Bertz CT molecular complexity index is 1060. The van der Waals surface area contributed by atoms with Crippen LogP contribution in [-0.4, -0.2) is 43.2 Å². The van der Waals surface area contributed by atoms with E-state index < -0.39 is 10.0 Å². The van der Waals surface area contributed by atoms with E-state index >= 15 is 0 Å². The number of hydrogen-bond acceptors (Lipinski definition) is 6. The van der Waals surface area contributed by atoms with E-state index in [1.54, 1.807) is 43.3 Å². The molecular formula is C19H18N2O5S2. The SMILES string of the molecule is CCN1C(=O)C(=Cc2ccc(O)c(OC)c2)SC1=NS(=O)(=O)c1ccccc1. The standard InChI is InChI=1S/C19H18N2O5S2/c1-3-21-18(23)17(12-13-9-10-15(22)16(11-13)26-2)27-19(21)20-28(24,25)14-7-5-4-6-8-14/h4-12,22H,3H2,1-2H3. The van der Waals surface area contributed by atoms with Gasteiger partial charge in [-0.05, 0) is 54.6 Å². The van der Waals surface area contributed by atoms with E-state index in [0.29, 0.717) is 10.5 Å². The summed E-state index contributed by atoms with van der Waals surface area (Å²) in [5.74, 6) is -0.0688. The monoisotopic (exact) mass is 418 g/mol. The number of methoxy groups -OCH3 is 1. The fourth-order valence-corrected chi connectivity index (χ4v) is 4.80. The zero-order valence-corrected chi connectivity index (χ0v) is 16.8. The van der Waals surface area contributed by atoms with Crippen LogP contribution in [0, 0.1) is 0 Å². The number of rotatable bonds is 5. The number of hydrogen-bond donors (Lipinski definition) is 1. The molecule has 0 aromatic heterocycles. The Hall–Kier alpha value is -2.78. The van der Waals surface area contributed by atoms with Crippen molar-refractivity contribution < 1.29 is 23.1 Å². The van der Waals surface area contributed by atoms with Crippen LogP contribution in [0.15, 0.2) is 62.7 Å². The van der Waals surface area contributed by atoms with Crippen molar-refractivity contribution in [3.05, 3.63) is 59.0 Å². The van der Waals surface area contributed by atoms with Crippen molar-refractivity contribution in [2.24, 2.45) is 4.40 Å². The number of thioether (sulfide) groups is 1. The van der Waals surface area contributed by atoms with E-state index in [0.717, 1.165) is 11.8 Å². The third-order valence-electron chi connectivity index (χ3n) is 3.95. The molecule has 0 atom stereocenters. The molecule has 7 nitrogen and oxygen atoms in total. The van der Waals surface area contributed by atoms with Gasteiger partial charge in [-0.15, -0.1) is 4.40 Å². The molecule has 28 heavy (non-hydrogen) atoms. The molecule has 0 bridgehead atoms. The Kier molecular flexibility index (Phi) is 5.76. The van der Waals surface area contributed by atoms with Crippen molar-refractivity contribution in [2.75, 3.05) is 13.7 Å². The highest BCUT2D eigenvalue weighted by Gasteiger charge is 2.34. The van der Waals surface area contributed by atoms with Crippen LogP contribution in [0.1, 0.15) is 12.5 Å². The number of amides is 1. The molecule has 146 valence electrons. The van der Waals surface area contributed by atoms with Crippen LogP contribution < -0.4 is 4.74 Å². The second-order valence-electron chi connectivity index (χ2n) is 5.75. The second-order valence-corrected chi connectivity index (χ2v) is 8.37. The van der Waals surface area contributed by atoms with Crippen LogP contribution >= 0.6 is 11.8 Å². The minimum atomic E-state index is -3.93. The van der Waals surface area contributed by atoms with Crippen LogP contribution in [-0.2, 0) is 14.8 Å². The lowest BCUT2D eigenvalue weighted by molar-refractivity contribution is -0.122. The highest BCUT2D eigenvalue weighted by molar-refractivity contribution is 8.19. The Morgan fingerprint density at radius 3 is 2.57 bits per heavy atom. The molecular weight excluding hydrogens is 400 g/mol. The fraction of sp³-hybridized carbons (Fsp3) is 0.158. The summed E-state index contributed by atoms with van der Waals surface area (Å²) >= 11 is 0.990. The van der Waals surface area contributed by atoms with E-state index in [1.807, 2.05) is 0 Å². The Morgan fingerprint density at radius 1 is 1.21 bits per heavy atom. The normalized spacial score (nSPS) is 17.5. The topological polar surface area (TPSA) is 96.3 Å². The van der Waals surface area contributed by atoms with E-state index in [2.05, 4.69) is 4.40 Å². The van der Waals surface area contributed by atoms with Gasteiger partial charge in [0, 0.05) is 6.54 Å². The summed E-state index contributed by atoms with van der Waals surface area (Å²) in [5.41, 5.74) is 0.633. The molecule has 1 N–H and O–H groups in total. The first-order chi connectivity index (χ1) is 13.4. The summed E-state index contributed by atoms with van der Waals surface area (Å²) in [6.45, 7) is 2.03. The van der Waals surface area contributed by atoms with Gasteiger partial charge < -0.3 is 9.84 Å². The smallest absolute Gasteiger partial charge is 0.284 e. The van der Waals surface area contributed by atoms with Crippen molar-refractivity contribution in [3.8, 4) is 11.5 Å². The summed E-state index contributed by atoms with van der Waals surface area (Å²) in [7, 11) is -2.50. The Morgan fingerprint density at radius 2 is 1.93 bits per heavy atom. The lowest BCUT2D eigenvalue weighted by Crippen LogP contribution is -2.29. The van der Waals surface area contributed by atoms with Crippen molar-refractivity contribution >= 4 is 38.9 Å². The predicted octanol–water partition coefficient (Wildman–Crippen LogP) is 3.08. The van der Waals surface area contributed by atoms with Gasteiger partial charge in [-0.1, -0.05) is 24.3 Å². The number of likely N-dealkylation sites (N-methyl/N-ethyl adjacent to an activating group) is 1. The third-order valence-corrected chi connectivity index (χ3v) is 6.35. The van der Waals surface area contributed by atoms with Crippen LogP contribution in [0.2, 0.25) is 0 Å². The highest BCUT2D eigenvalue weighted by atomic mass is 32.2. The maximum absolute atomic E-state index is 12.7. The number of amidine groups is 1. The number of carbonyl (C=O) groups excluding carboxylic acids is 1. The molecule has 3 rings (SSSR count). The average Bonchev–Trinajstić information content (AvgIpc) is 2.97. The van der Waals surface area contributed by atoms with Crippen molar-refractivity contribution in [1.82, 2.24) is 4.90 Å². The van der Waals surface area contributed by atoms with E-state index in [4.69, 9.17) is 4.74 Å². The molecule has 1 aliphatic heterocycles. The van der Waals surface area contributed by atoms with Gasteiger partial charge in [-0.3, -0.25) is 9.69 Å². The van der Waals surface area contributed by atoms with Gasteiger partial charge >= 0.3 is 0 Å². The molecule has 0 spiro atoms. The summed E-state index contributed by atoms with van der Waals surface area (Å²) in [6.07, 6.45) is 1.61. The average molecular weight is 418 g/mol. The molecule has 2 aromatic rings. The number of aromatic hydroxyl groups is 1. The number of sulfonamides is 1. The lowest BCUT2D eigenvalue weighted by atomic mass is 10.2. The molecule has 9 heteroatoms. The number of phenols is 1. The zero-order chi connectivity index (χ0) is 20.3. The first-order valence-corrected chi connectivity index (χ1v) is 10.6. The molecule has 2 aromatic carbocycles. The van der Waals surface area contributed by atoms with Gasteiger partial charge in [0.15, 0.2) is 16.7 Å². The number of benzene rings is 2. The summed E-state index contributed by atoms with van der Waals surface area (Å²) in [6, 6.07) is 12.5. The van der Waals surface area contributed by atoms with Gasteiger partial charge in [-0.2, -0.15) is 8.42 Å². The van der Waals surface area contributed by atoms with Gasteiger partial charge in [0.1, 0.15) is 0 Å². The molecule has 0 unspecified atom stereocenters. The van der Waals surface area contributed by atoms with Crippen molar-refractivity contribution in [1.29, 1.82) is 0 Å². The minimum absolute atomic E-state index is 0.0126. The summed E-state index contributed by atoms with van der Waals surface area (Å²) in [5, 5.41) is 9.80. The predicted molar refractivity (Wildman–Crippen MR) is 109 cm³/mol. The van der Waals surface area contributed by atoms with E-state index in [9.17, 15) is 18.3 Å². The highest BCUT2D eigenvalue weighted by Crippen LogP contribution is 2.35. The third kappa shape index (κ3) is 4.05. The second kappa shape index (κ2) is 8.07. The molecule has 1 heterocycles. The molecule has 1 amide bonds. The Balaban J connectivity index is 1.97. The first-order valence-electron chi connectivity index (χ1n) is 8.34. The molecule has 0 aliphatic carbocycles. The van der Waals surface area contributed by atoms with Gasteiger partial charge in [0.05, 0.1) is 16.9 Å². The van der Waals surface area contributed by atoms with Crippen molar-refractivity contribution in [3.63, 3.8) is 0 Å². The maximum atomic E-state index is 12.7. The minimum Gasteiger partial charge on any atom is -0.504 e. The lowest BCUT2D eigenvalue weighted by Gasteiger charge is -2.11. The first kappa shape index (κ1) is 20.0. The number of carbonyl (C=O) groups is 1. The number of nitrogens with zero attached hydrogens (tertiary/aromatic N) is 2. The van der Waals surface area contributed by atoms with Crippen LogP contribution in [0.3, 0.4) is 0 Å². The molecule has 1 fully saturated rings. The molecule has 1 aliphatic rings.